The SMILES string of the molecule is O=C(OCc1ccccc1)N1CCn2cc(C(F)(F)F)nc2C1. The number of imidazole rings is 1. The zero-order valence-electron chi connectivity index (χ0n) is 12.1. The molecule has 0 fully saturated rings. The number of fused-ring (bicyclic) bond motifs is 1. The number of hydrogen-bond acceptors (Lipinski definition) is 3. The number of carbonyl (C=O) groups is 1. The second-order valence-electron chi connectivity index (χ2n) is 5.20. The van der Waals surface area contributed by atoms with Crippen molar-refractivity contribution in [1.29, 1.82) is 0 Å². The van der Waals surface area contributed by atoms with E-state index in [2.05, 4.69) is 4.98 Å². The highest BCUT2D eigenvalue weighted by molar-refractivity contribution is 5.67. The number of nitrogens with zero attached hydrogens (tertiary/aromatic N) is 3. The molecule has 1 amide bonds. The molecule has 1 aromatic carbocycles. The van der Waals surface area contributed by atoms with Gasteiger partial charge in [0.2, 0.25) is 0 Å². The molecule has 8 heteroatoms. The van der Waals surface area contributed by atoms with E-state index in [1.165, 1.54) is 9.47 Å². The van der Waals surface area contributed by atoms with Crippen LogP contribution in [0.1, 0.15) is 17.1 Å². The third kappa shape index (κ3) is 3.46. The molecule has 0 unspecified atom stereocenters. The lowest BCUT2D eigenvalue weighted by Gasteiger charge is -2.26. The van der Waals surface area contributed by atoms with Gasteiger partial charge in [-0.15, -0.1) is 0 Å². The average molecular weight is 325 g/mol. The van der Waals surface area contributed by atoms with Crippen LogP contribution in [0, 0.1) is 0 Å². The van der Waals surface area contributed by atoms with Gasteiger partial charge >= 0.3 is 12.3 Å². The molecule has 0 aliphatic carbocycles. The first-order valence-corrected chi connectivity index (χ1v) is 7.02. The summed E-state index contributed by atoms with van der Waals surface area (Å²) in [6.45, 7) is 0.676. The number of ether oxygens (including phenoxy) is 1. The summed E-state index contributed by atoms with van der Waals surface area (Å²) in [6.07, 6.45) is -4.07. The van der Waals surface area contributed by atoms with Crippen LogP contribution in [-0.4, -0.2) is 27.1 Å². The Kier molecular flexibility index (Phi) is 3.97. The third-order valence-corrected chi connectivity index (χ3v) is 3.56. The van der Waals surface area contributed by atoms with Crippen LogP contribution < -0.4 is 0 Å². The Hall–Kier alpha value is -2.51. The summed E-state index contributed by atoms with van der Waals surface area (Å²) in [6, 6.07) is 9.17. The Bertz CT molecular complexity index is 698. The van der Waals surface area contributed by atoms with E-state index in [1.807, 2.05) is 30.3 Å². The summed E-state index contributed by atoms with van der Waals surface area (Å²) in [4.78, 5) is 16.9. The number of hydrogen-bond donors (Lipinski definition) is 0. The fourth-order valence-electron chi connectivity index (χ4n) is 2.36. The van der Waals surface area contributed by atoms with Crippen molar-refractivity contribution in [2.45, 2.75) is 25.9 Å². The van der Waals surface area contributed by atoms with Crippen molar-refractivity contribution in [1.82, 2.24) is 14.5 Å². The number of alkyl halides is 3. The maximum absolute atomic E-state index is 12.7. The summed E-state index contributed by atoms with van der Waals surface area (Å²) >= 11 is 0. The smallest absolute Gasteiger partial charge is 0.434 e. The van der Waals surface area contributed by atoms with E-state index < -0.39 is 18.0 Å². The fourth-order valence-corrected chi connectivity index (χ4v) is 2.36. The molecule has 3 rings (SSSR count). The van der Waals surface area contributed by atoms with Crippen LogP contribution in [0.3, 0.4) is 0 Å². The Balaban J connectivity index is 1.62. The molecule has 0 saturated heterocycles. The Morgan fingerprint density at radius 3 is 2.65 bits per heavy atom. The molecule has 0 radical (unpaired) electrons. The van der Waals surface area contributed by atoms with E-state index in [4.69, 9.17) is 4.74 Å². The predicted octanol–water partition coefficient (Wildman–Crippen LogP) is 3.05. The third-order valence-electron chi connectivity index (χ3n) is 3.56. The largest absolute Gasteiger partial charge is 0.445 e. The molecule has 0 bridgehead atoms. The zero-order chi connectivity index (χ0) is 16.4. The van der Waals surface area contributed by atoms with Gasteiger partial charge < -0.3 is 9.30 Å². The molecule has 122 valence electrons. The van der Waals surface area contributed by atoms with Crippen molar-refractivity contribution in [3.05, 3.63) is 53.6 Å². The van der Waals surface area contributed by atoms with Crippen LogP contribution in [0.5, 0.6) is 0 Å². The Labute approximate surface area is 130 Å². The van der Waals surface area contributed by atoms with E-state index in [0.717, 1.165) is 11.8 Å². The van der Waals surface area contributed by atoms with Crippen LogP contribution in [0.2, 0.25) is 0 Å². The first kappa shape index (κ1) is 15.4. The maximum atomic E-state index is 12.7. The van der Waals surface area contributed by atoms with Crippen LogP contribution >= 0.6 is 0 Å². The van der Waals surface area contributed by atoms with Crippen molar-refractivity contribution in [2.75, 3.05) is 6.54 Å². The number of rotatable bonds is 2. The monoisotopic (exact) mass is 325 g/mol. The van der Waals surface area contributed by atoms with Gasteiger partial charge in [-0.25, -0.2) is 9.78 Å². The molecular formula is C15H14F3N3O2. The second-order valence-corrected chi connectivity index (χ2v) is 5.20. The van der Waals surface area contributed by atoms with Crippen LogP contribution in [-0.2, 0) is 30.6 Å². The van der Waals surface area contributed by atoms with Crippen molar-refractivity contribution < 1.29 is 22.7 Å². The van der Waals surface area contributed by atoms with E-state index >= 15 is 0 Å². The average Bonchev–Trinajstić information content (AvgIpc) is 2.97. The summed E-state index contributed by atoms with van der Waals surface area (Å²) in [7, 11) is 0. The minimum atomic E-state index is -4.48. The van der Waals surface area contributed by atoms with Crippen LogP contribution in [0.4, 0.5) is 18.0 Å². The summed E-state index contributed by atoms with van der Waals surface area (Å²) in [5.74, 6) is 0.209. The molecule has 23 heavy (non-hydrogen) atoms. The van der Waals surface area contributed by atoms with Gasteiger partial charge in [0.15, 0.2) is 5.69 Å². The van der Waals surface area contributed by atoms with Gasteiger partial charge in [-0.3, -0.25) is 4.90 Å². The lowest BCUT2D eigenvalue weighted by molar-refractivity contribution is -0.141. The van der Waals surface area contributed by atoms with E-state index in [1.54, 1.807) is 0 Å². The maximum Gasteiger partial charge on any atom is 0.434 e. The highest BCUT2D eigenvalue weighted by Crippen LogP contribution is 2.29. The van der Waals surface area contributed by atoms with Crippen molar-refractivity contribution in [3.63, 3.8) is 0 Å². The number of halogens is 3. The molecule has 5 nitrogen and oxygen atoms in total. The number of carbonyl (C=O) groups excluding carboxylic acids is 1. The lowest BCUT2D eigenvalue weighted by Crippen LogP contribution is -2.38. The van der Waals surface area contributed by atoms with E-state index in [0.29, 0.717) is 0 Å². The molecule has 1 aromatic heterocycles. The number of aromatic nitrogens is 2. The standard InChI is InChI=1S/C15H14F3N3O2/c16-15(17,18)12-8-20-6-7-21(9-13(20)19-12)14(22)23-10-11-4-2-1-3-5-11/h1-5,8H,6-7,9-10H2. The topological polar surface area (TPSA) is 47.4 Å². The summed E-state index contributed by atoms with van der Waals surface area (Å²) in [5, 5.41) is 0. The minimum Gasteiger partial charge on any atom is -0.445 e. The van der Waals surface area contributed by atoms with E-state index in [-0.39, 0.29) is 32.1 Å². The molecule has 0 saturated carbocycles. The molecule has 1 aliphatic heterocycles. The summed E-state index contributed by atoms with van der Waals surface area (Å²) < 4.78 is 44.6. The number of amides is 1. The van der Waals surface area contributed by atoms with Crippen molar-refractivity contribution in [3.8, 4) is 0 Å². The van der Waals surface area contributed by atoms with Gasteiger partial charge in [-0.05, 0) is 5.56 Å². The Morgan fingerprint density at radius 1 is 1.22 bits per heavy atom. The molecule has 2 aromatic rings. The van der Waals surface area contributed by atoms with Gasteiger partial charge in [0.05, 0.1) is 6.54 Å². The number of benzene rings is 1. The first-order chi connectivity index (χ1) is 10.9. The summed E-state index contributed by atoms with van der Waals surface area (Å²) in [5.41, 5.74) is -0.0919. The molecule has 0 atom stereocenters. The zero-order valence-corrected chi connectivity index (χ0v) is 12.1. The Morgan fingerprint density at radius 2 is 1.96 bits per heavy atom. The highest BCUT2D eigenvalue weighted by Gasteiger charge is 2.36. The van der Waals surface area contributed by atoms with Gasteiger partial charge in [0.25, 0.3) is 0 Å². The normalized spacial score (nSPS) is 14.5. The lowest BCUT2D eigenvalue weighted by atomic mass is 10.2. The first-order valence-electron chi connectivity index (χ1n) is 7.02. The second kappa shape index (κ2) is 5.94. The fraction of sp³-hybridized carbons (Fsp3) is 0.333. The molecular weight excluding hydrogens is 311 g/mol. The van der Waals surface area contributed by atoms with Gasteiger partial charge in [-0.1, -0.05) is 30.3 Å². The van der Waals surface area contributed by atoms with Crippen molar-refractivity contribution >= 4 is 6.09 Å². The van der Waals surface area contributed by atoms with Crippen LogP contribution in [0.15, 0.2) is 36.5 Å². The van der Waals surface area contributed by atoms with Crippen LogP contribution in [0.25, 0.3) is 0 Å². The van der Waals surface area contributed by atoms with Gasteiger partial charge in [0.1, 0.15) is 12.4 Å². The minimum absolute atomic E-state index is 0.00367. The predicted molar refractivity (Wildman–Crippen MR) is 74.3 cm³/mol. The quantitative estimate of drug-likeness (QED) is 0.852. The molecule has 2 heterocycles. The molecule has 1 aliphatic rings. The van der Waals surface area contributed by atoms with E-state index in [9.17, 15) is 18.0 Å². The highest BCUT2D eigenvalue weighted by atomic mass is 19.4. The molecule has 0 spiro atoms. The van der Waals surface area contributed by atoms with Crippen molar-refractivity contribution in [2.24, 2.45) is 0 Å². The van der Waals surface area contributed by atoms with Gasteiger partial charge in [0, 0.05) is 19.3 Å². The molecule has 0 N–H and O–H groups in total. The van der Waals surface area contributed by atoms with Gasteiger partial charge in [-0.2, -0.15) is 13.2 Å².